The van der Waals surface area contributed by atoms with Crippen LogP contribution in [0.15, 0.2) is 0 Å². The second-order valence-electron chi connectivity index (χ2n) is 3.40. The molecule has 0 aromatic carbocycles. The van der Waals surface area contributed by atoms with Crippen LogP contribution in [-0.2, 0) is 9.59 Å². The zero-order valence-electron chi connectivity index (χ0n) is 7.46. The van der Waals surface area contributed by atoms with Gasteiger partial charge in [0.2, 0.25) is 0 Å². The van der Waals surface area contributed by atoms with E-state index in [4.69, 9.17) is 9.59 Å². The Morgan fingerprint density at radius 1 is 1.45 bits per heavy atom. The summed E-state index contributed by atoms with van der Waals surface area (Å²) in [5.74, 6) is 3.12. The van der Waals surface area contributed by atoms with Crippen LogP contribution < -0.4 is 0 Å². The zero-order valence-corrected chi connectivity index (χ0v) is 7.46. The summed E-state index contributed by atoms with van der Waals surface area (Å²) in [4.78, 5) is 16.2. The van der Waals surface area contributed by atoms with E-state index in [0.717, 1.165) is 17.8 Å². The van der Waals surface area contributed by atoms with E-state index in [1.807, 2.05) is 0 Å². The first-order valence-electron chi connectivity index (χ1n) is 4.16. The van der Waals surface area contributed by atoms with E-state index in [2.05, 4.69) is 20.8 Å². The lowest BCUT2D eigenvalue weighted by Crippen LogP contribution is -1.90. The SMILES string of the molecule is CCC1CC1C(C)C.O=C=O. The van der Waals surface area contributed by atoms with Crippen LogP contribution in [0.4, 0.5) is 0 Å². The van der Waals surface area contributed by atoms with Crippen molar-refractivity contribution in [2.75, 3.05) is 0 Å². The molecule has 1 saturated carbocycles. The van der Waals surface area contributed by atoms with Gasteiger partial charge in [-0.25, -0.2) is 0 Å². The van der Waals surface area contributed by atoms with Crippen LogP contribution in [-0.4, -0.2) is 6.15 Å². The van der Waals surface area contributed by atoms with Gasteiger partial charge in [0.05, 0.1) is 0 Å². The molecule has 0 heterocycles. The molecular formula is C9H16O2. The summed E-state index contributed by atoms with van der Waals surface area (Å²) in [6, 6.07) is 0. The summed E-state index contributed by atoms with van der Waals surface area (Å²) >= 11 is 0. The normalized spacial score (nSPS) is 26.9. The van der Waals surface area contributed by atoms with E-state index in [1.165, 1.54) is 12.8 Å². The molecule has 0 aromatic rings. The molecule has 0 spiro atoms. The van der Waals surface area contributed by atoms with Crippen molar-refractivity contribution >= 4 is 6.15 Å². The average molecular weight is 156 g/mol. The van der Waals surface area contributed by atoms with Crippen LogP contribution in [0.25, 0.3) is 0 Å². The first-order chi connectivity index (χ1) is 5.17. The van der Waals surface area contributed by atoms with Gasteiger partial charge in [-0.3, -0.25) is 0 Å². The third kappa shape index (κ3) is 3.94. The van der Waals surface area contributed by atoms with Crippen LogP contribution in [0, 0.1) is 17.8 Å². The molecule has 0 saturated heterocycles. The van der Waals surface area contributed by atoms with Crippen LogP contribution in [0.1, 0.15) is 33.6 Å². The Balaban J connectivity index is 0.000000292. The van der Waals surface area contributed by atoms with E-state index in [1.54, 1.807) is 0 Å². The van der Waals surface area contributed by atoms with Crippen molar-refractivity contribution in [2.24, 2.45) is 17.8 Å². The van der Waals surface area contributed by atoms with Gasteiger partial charge in [0.1, 0.15) is 0 Å². The average Bonchev–Trinajstić information content (AvgIpc) is 2.66. The highest BCUT2D eigenvalue weighted by Gasteiger charge is 2.36. The molecule has 0 aromatic heterocycles. The summed E-state index contributed by atoms with van der Waals surface area (Å²) < 4.78 is 0. The summed E-state index contributed by atoms with van der Waals surface area (Å²) in [6.45, 7) is 6.97. The van der Waals surface area contributed by atoms with Crippen molar-refractivity contribution in [1.29, 1.82) is 0 Å². The smallest absolute Gasteiger partial charge is 0.186 e. The van der Waals surface area contributed by atoms with Gasteiger partial charge in [-0.05, 0) is 24.2 Å². The quantitative estimate of drug-likeness (QED) is 0.613. The maximum Gasteiger partial charge on any atom is 0.373 e. The fourth-order valence-corrected chi connectivity index (χ4v) is 1.56. The van der Waals surface area contributed by atoms with Gasteiger partial charge in [-0.1, -0.05) is 27.2 Å². The lowest BCUT2D eigenvalue weighted by atomic mass is 10.1. The minimum atomic E-state index is 0.250. The van der Waals surface area contributed by atoms with Crippen molar-refractivity contribution in [3.05, 3.63) is 0 Å². The van der Waals surface area contributed by atoms with Gasteiger partial charge in [0.25, 0.3) is 0 Å². The summed E-state index contributed by atoms with van der Waals surface area (Å²) in [7, 11) is 0. The first-order valence-corrected chi connectivity index (χ1v) is 4.16. The Bertz CT molecular complexity index is 134. The molecule has 0 aliphatic heterocycles. The third-order valence-electron chi connectivity index (χ3n) is 2.36. The highest BCUT2D eigenvalue weighted by molar-refractivity contribution is 5.20. The van der Waals surface area contributed by atoms with Gasteiger partial charge in [0, 0.05) is 0 Å². The lowest BCUT2D eigenvalue weighted by Gasteiger charge is -1.98. The maximum atomic E-state index is 8.12. The summed E-state index contributed by atoms with van der Waals surface area (Å²) in [6.07, 6.45) is 3.16. The topological polar surface area (TPSA) is 34.1 Å². The van der Waals surface area contributed by atoms with Crippen LogP contribution in [0.2, 0.25) is 0 Å². The van der Waals surface area contributed by atoms with Gasteiger partial charge in [-0.15, -0.1) is 0 Å². The van der Waals surface area contributed by atoms with Crippen molar-refractivity contribution in [3.8, 4) is 0 Å². The van der Waals surface area contributed by atoms with Crippen LogP contribution >= 0.6 is 0 Å². The predicted molar refractivity (Wildman–Crippen MR) is 41.7 cm³/mol. The molecule has 0 bridgehead atoms. The molecule has 0 amide bonds. The fourth-order valence-electron chi connectivity index (χ4n) is 1.56. The standard InChI is InChI=1S/C8H16.CO2/c1-4-7-5-8(7)6(2)3;2-1-3/h6-8H,4-5H2,1-3H3;. The molecule has 1 aliphatic rings. The Kier molecular flexibility index (Phi) is 4.80. The first kappa shape index (κ1) is 10.4. The predicted octanol–water partition coefficient (Wildman–Crippen LogP) is 2.10. The lowest BCUT2D eigenvalue weighted by molar-refractivity contribution is -0.191. The van der Waals surface area contributed by atoms with Crippen molar-refractivity contribution in [3.63, 3.8) is 0 Å². The van der Waals surface area contributed by atoms with E-state index >= 15 is 0 Å². The molecule has 2 nitrogen and oxygen atoms in total. The molecule has 2 heteroatoms. The molecule has 11 heavy (non-hydrogen) atoms. The molecule has 1 rings (SSSR count). The molecule has 1 aliphatic carbocycles. The van der Waals surface area contributed by atoms with E-state index in [9.17, 15) is 0 Å². The minimum absolute atomic E-state index is 0.250. The summed E-state index contributed by atoms with van der Waals surface area (Å²) in [5.41, 5.74) is 0. The Morgan fingerprint density at radius 3 is 2.00 bits per heavy atom. The summed E-state index contributed by atoms with van der Waals surface area (Å²) in [5, 5.41) is 0. The van der Waals surface area contributed by atoms with Crippen molar-refractivity contribution in [2.45, 2.75) is 33.6 Å². The second kappa shape index (κ2) is 5.09. The van der Waals surface area contributed by atoms with Gasteiger partial charge < -0.3 is 0 Å². The third-order valence-corrected chi connectivity index (χ3v) is 2.36. The van der Waals surface area contributed by atoms with Gasteiger partial charge in [0.15, 0.2) is 0 Å². The van der Waals surface area contributed by atoms with Crippen LogP contribution in [0.3, 0.4) is 0 Å². The minimum Gasteiger partial charge on any atom is -0.186 e. The maximum absolute atomic E-state index is 8.12. The number of rotatable bonds is 2. The largest absolute Gasteiger partial charge is 0.373 e. The van der Waals surface area contributed by atoms with Gasteiger partial charge in [-0.2, -0.15) is 9.59 Å². The Hall–Kier alpha value is -0.620. The second-order valence-corrected chi connectivity index (χ2v) is 3.40. The highest BCUT2D eigenvalue weighted by Crippen LogP contribution is 2.45. The van der Waals surface area contributed by atoms with E-state index < -0.39 is 0 Å². The number of hydrogen-bond donors (Lipinski definition) is 0. The molecule has 64 valence electrons. The monoisotopic (exact) mass is 156 g/mol. The van der Waals surface area contributed by atoms with Crippen molar-refractivity contribution < 1.29 is 9.59 Å². The molecule has 0 radical (unpaired) electrons. The fraction of sp³-hybridized carbons (Fsp3) is 0.889. The van der Waals surface area contributed by atoms with E-state index in [-0.39, 0.29) is 6.15 Å². The zero-order chi connectivity index (χ0) is 8.85. The molecule has 2 unspecified atom stereocenters. The van der Waals surface area contributed by atoms with Crippen LogP contribution in [0.5, 0.6) is 0 Å². The van der Waals surface area contributed by atoms with Crippen molar-refractivity contribution in [1.82, 2.24) is 0 Å². The molecular weight excluding hydrogens is 140 g/mol. The highest BCUT2D eigenvalue weighted by atomic mass is 16.2. The number of hydrogen-bond acceptors (Lipinski definition) is 2. The number of carbonyl (C=O) groups excluding carboxylic acids is 2. The Morgan fingerprint density at radius 2 is 1.91 bits per heavy atom. The molecule has 1 fully saturated rings. The molecule has 0 N–H and O–H groups in total. The Labute approximate surface area is 68.0 Å². The molecule has 2 atom stereocenters. The van der Waals surface area contributed by atoms with Gasteiger partial charge >= 0.3 is 6.15 Å². The van der Waals surface area contributed by atoms with E-state index in [0.29, 0.717) is 0 Å².